The highest BCUT2D eigenvalue weighted by Crippen LogP contribution is 2.07. The standard InChI is InChI=1S/C13H16O/c1-3-4-5-6-12-7-9-13(10-8-12)11(2)14/h5-10H,3-4H2,1-2H3/b6-5+. The van der Waals surface area contributed by atoms with Crippen molar-refractivity contribution < 1.29 is 4.79 Å². The first-order chi connectivity index (χ1) is 6.74. The minimum Gasteiger partial charge on any atom is -0.295 e. The first-order valence-electron chi connectivity index (χ1n) is 5.01. The van der Waals surface area contributed by atoms with Crippen LogP contribution in [0.5, 0.6) is 0 Å². The zero-order valence-corrected chi connectivity index (χ0v) is 8.79. The maximum atomic E-state index is 11.0. The Balaban J connectivity index is 2.68. The molecule has 0 amide bonds. The zero-order valence-electron chi connectivity index (χ0n) is 8.79. The van der Waals surface area contributed by atoms with E-state index in [1.807, 2.05) is 24.3 Å². The van der Waals surface area contributed by atoms with Gasteiger partial charge in [-0.05, 0) is 18.9 Å². The molecule has 0 bridgehead atoms. The lowest BCUT2D eigenvalue weighted by molar-refractivity contribution is 0.101. The van der Waals surface area contributed by atoms with Crippen LogP contribution in [0, 0.1) is 0 Å². The molecule has 0 aliphatic carbocycles. The molecule has 1 rings (SSSR count). The molecule has 0 spiro atoms. The summed E-state index contributed by atoms with van der Waals surface area (Å²) in [4.78, 5) is 11.0. The number of Topliss-reactive ketones (excluding diaryl/α,β-unsaturated/α-hetero) is 1. The molecule has 1 nitrogen and oxygen atoms in total. The third-order valence-corrected chi connectivity index (χ3v) is 2.08. The molecule has 0 unspecified atom stereocenters. The summed E-state index contributed by atoms with van der Waals surface area (Å²) >= 11 is 0. The van der Waals surface area contributed by atoms with E-state index in [-0.39, 0.29) is 5.78 Å². The van der Waals surface area contributed by atoms with E-state index in [4.69, 9.17) is 0 Å². The first kappa shape index (κ1) is 10.7. The summed E-state index contributed by atoms with van der Waals surface area (Å²) in [5, 5.41) is 0. The second-order valence-electron chi connectivity index (χ2n) is 3.37. The number of carbonyl (C=O) groups is 1. The lowest BCUT2D eigenvalue weighted by Gasteiger charge is -1.96. The Labute approximate surface area is 85.5 Å². The Hall–Kier alpha value is -1.37. The number of carbonyl (C=O) groups excluding carboxylic acids is 1. The lowest BCUT2D eigenvalue weighted by Crippen LogP contribution is -1.90. The minimum atomic E-state index is 0.120. The molecule has 0 saturated heterocycles. The van der Waals surface area contributed by atoms with Crippen LogP contribution in [0.25, 0.3) is 6.08 Å². The van der Waals surface area contributed by atoms with Crippen molar-refractivity contribution in [1.82, 2.24) is 0 Å². The van der Waals surface area contributed by atoms with Gasteiger partial charge in [-0.25, -0.2) is 0 Å². The molecule has 0 atom stereocenters. The van der Waals surface area contributed by atoms with E-state index in [0.29, 0.717) is 0 Å². The molecule has 0 fully saturated rings. The molecule has 0 N–H and O–H groups in total. The van der Waals surface area contributed by atoms with Crippen molar-refractivity contribution in [2.24, 2.45) is 0 Å². The van der Waals surface area contributed by atoms with E-state index in [9.17, 15) is 4.79 Å². The largest absolute Gasteiger partial charge is 0.295 e. The number of allylic oxidation sites excluding steroid dienone is 1. The van der Waals surface area contributed by atoms with Gasteiger partial charge in [-0.3, -0.25) is 4.79 Å². The van der Waals surface area contributed by atoms with Crippen molar-refractivity contribution in [1.29, 1.82) is 0 Å². The first-order valence-corrected chi connectivity index (χ1v) is 5.01. The maximum Gasteiger partial charge on any atom is 0.159 e. The van der Waals surface area contributed by atoms with Crippen molar-refractivity contribution >= 4 is 11.9 Å². The number of rotatable bonds is 4. The van der Waals surface area contributed by atoms with E-state index in [0.717, 1.165) is 17.5 Å². The topological polar surface area (TPSA) is 17.1 Å². The predicted octanol–water partition coefficient (Wildman–Crippen LogP) is 3.70. The Bertz CT molecular complexity index is 320. The van der Waals surface area contributed by atoms with E-state index in [2.05, 4.69) is 19.1 Å². The third kappa shape index (κ3) is 3.17. The van der Waals surface area contributed by atoms with E-state index >= 15 is 0 Å². The average Bonchev–Trinajstić information content (AvgIpc) is 2.19. The van der Waals surface area contributed by atoms with Crippen LogP contribution >= 0.6 is 0 Å². The van der Waals surface area contributed by atoms with Gasteiger partial charge < -0.3 is 0 Å². The molecule has 0 radical (unpaired) electrons. The maximum absolute atomic E-state index is 11.0. The third-order valence-electron chi connectivity index (χ3n) is 2.08. The van der Waals surface area contributed by atoms with E-state index in [1.54, 1.807) is 6.92 Å². The summed E-state index contributed by atoms with van der Waals surface area (Å²) < 4.78 is 0. The van der Waals surface area contributed by atoms with Crippen LogP contribution in [0.1, 0.15) is 42.6 Å². The zero-order chi connectivity index (χ0) is 10.4. The van der Waals surface area contributed by atoms with E-state index in [1.165, 1.54) is 6.42 Å². The molecule has 0 heterocycles. The molecule has 1 aromatic rings. The van der Waals surface area contributed by atoms with Gasteiger partial charge in [0, 0.05) is 5.56 Å². The van der Waals surface area contributed by atoms with Gasteiger partial charge in [0.05, 0.1) is 0 Å². The molecule has 1 aromatic carbocycles. The van der Waals surface area contributed by atoms with Crippen LogP contribution in [-0.2, 0) is 0 Å². The van der Waals surface area contributed by atoms with Crippen molar-refractivity contribution in [3.63, 3.8) is 0 Å². The van der Waals surface area contributed by atoms with Gasteiger partial charge in [0.15, 0.2) is 5.78 Å². The van der Waals surface area contributed by atoms with Crippen molar-refractivity contribution in [3.8, 4) is 0 Å². The van der Waals surface area contributed by atoms with Gasteiger partial charge in [-0.2, -0.15) is 0 Å². The summed E-state index contributed by atoms with van der Waals surface area (Å²) in [6.07, 6.45) is 6.52. The van der Waals surface area contributed by atoms with Gasteiger partial charge in [0.2, 0.25) is 0 Å². The number of unbranched alkanes of at least 4 members (excludes halogenated alkanes) is 1. The predicted molar refractivity (Wildman–Crippen MR) is 60.4 cm³/mol. The quantitative estimate of drug-likeness (QED) is 0.658. The Morgan fingerprint density at radius 2 is 1.93 bits per heavy atom. The molecule has 1 heteroatoms. The van der Waals surface area contributed by atoms with Gasteiger partial charge in [0.25, 0.3) is 0 Å². The molecule has 0 aromatic heterocycles. The average molecular weight is 188 g/mol. The van der Waals surface area contributed by atoms with Crippen LogP contribution in [0.3, 0.4) is 0 Å². The Morgan fingerprint density at radius 3 is 2.43 bits per heavy atom. The van der Waals surface area contributed by atoms with Crippen LogP contribution in [0.2, 0.25) is 0 Å². The second-order valence-corrected chi connectivity index (χ2v) is 3.37. The monoisotopic (exact) mass is 188 g/mol. The summed E-state index contributed by atoms with van der Waals surface area (Å²) in [6, 6.07) is 7.69. The van der Waals surface area contributed by atoms with Gasteiger partial charge in [0.1, 0.15) is 0 Å². The van der Waals surface area contributed by atoms with Gasteiger partial charge in [-0.15, -0.1) is 0 Å². The van der Waals surface area contributed by atoms with Crippen molar-refractivity contribution in [3.05, 3.63) is 41.5 Å². The second kappa shape index (κ2) is 5.38. The number of benzene rings is 1. The molecular weight excluding hydrogens is 172 g/mol. The molecular formula is C13H16O. The van der Waals surface area contributed by atoms with E-state index < -0.39 is 0 Å². The van der Waals surface area contributed by atoms with Crippen LogP contribution in [0.4, 0.5) is 0 Å². The summed E-state index contributed by atoms with van der Waals surface area (Å²) in [6.45, 7) is 3.74. The summed E-state index contributed by atoms with van der Waals surface area (Å²) in [5.74, 6) is 0.120. The molecule has 0 aliphatic rings. The smallest absolute Gasteiger partial charge is 0.159 e. The number of ketones is 1. The fourth-order valence-corrected chi connectivity index (χ4v) is 1.22. The summed E-state index contributed by atoms with van der Waals surface area (Å²) in [5.41, 5.74) is 1.93. The lowest BCUT2D eigenvalue weighted by atomic mass is 10.1. The normalized spacial score (nSPS) is 10.7. The molecule has 14 heavy (non-hydrogen) atoms. The van der Waals surface area contributed by atoms with Crippen LogP contribution < -0.4 is 0 Å². The molecule has 0 aliphatic heterocycles. The SMILES string of the molecule is CCC/C=C/c1ccc(C(C)=O)cc1. The minimum absolute atomic E-state index is 0.120. The Morgan fingerprint density at radius 1 is 1.29 bits per heavy atom. The van der Waals surface area contributed by atoms with Crippen LogP contribution in [0.15, 0.2) is 30.3 Å². The number of hydrogen-bond donors (Lipinski definition) is 0. The molecule has 74 valence electrons. The Kier molecular flexibility index (Phi) is 4.11. The highest BCUT2D eigenvalue weighted by atomic mass is 16.1. The number of hydrogen-bond acceptors (Lipinski definition) is 1. The molecule has 0 saturated carbocycles. The summed E-state index contributed by atoms with van der Waals surface area (Å²) in [7, 11) is 0. The fourth-order valence-electron chi connectivity index (χ4n) is 1.22. The highest BCUT2D eigenvalue weighted by molar-refractivity contribution is 5.94. The van der Waals surface area contributed by atoms with Crippen molar-refractivity contribution in [2.45, 2.75) is 26.7 Å². The fraction of sp³-hybridized carbons (Fsp3) is 0.308. The van der Waals surface area contributed by atoms with Gasteiger partial charge >= 0.3 is 0 Å². The van der Waals surface area contributed by atoms with Gasteiger partial charge in [-0.1, -0.05) is 49.8 Å². The van der Waals surface area contributed by atoms with Crippen LogP contribution in [-0.4, -0.2) is 5.78 Å². The van der Waals surface area contributed by atoms with Crippen molar-refractivity contribution in [2.75, 3.05) is 0 Å². The highest BCUT2D eigenvalue weighted by Gasteiger charge is 1.96.